The number of H-pyrrole nitrogens is 1. The molecule has 27 heavy (non-hydrogen) atoms. The molecule has 0 radical (unpaired) electrons. The molecule has 0 saturated carbocycles. The summed E-state index contributed by atoms with van der Waals surface area (Å²) in [5.41, 5.74) is 1.74. The summed E-state index contributed by atoms with van der Waals surface area (Å²) >= 11 is 2.92. The molecule has 0 saturated heterocycles. The predicted molar refractivity (Wildman–Crippen MR) is 107 cm³/mol. The molecule has 0 spiro atoms. The minimum atomic E-state index is -0.470. The number of fused-ring (bicyclic) bond motifs is 3. The summed E-state index contributed by atoms with van der Waals surface area (Å²) in [6.45, 7) is 1.99. The SMILES string of the molecule is CCCC(=O)N1c2ccccc2-c2c(=O)[nH]c(SC)n[n+]2C1c1cccs1. The van der Waals surface area contributed by atoms with Crippen molar-refractivity contribution in [2.75, 3.05) is 11.2 Å². The molecule has 8 heteroatoms. The lowest BCUT2D eigenvalue weighted by atomic mass is 10.0. The Hall–Kier alpha value is -2.45. The number of anilines is 1. The Morgan fingerprint density at radius 3 is 2.85 bits per heavy atom. The van der Waals surface area contributed by atoms with Crippen LogP contribution >= 0.6 is 23.1 Å². The lowest BCUT2D eigenvalue weighted by Gasteiger charge is -2.31. The molecule has 4 rings (SSSR count). The predicted octanol–water partition coefficient (Wildman–Crippen LogP) is 3.20. The van der Waals surface area contributed by atoms with Gasteiger partial charge >= 0.3 is 17.4 Å². The number of rotatable bonds is 4. The van der Waals surface area contributed by atoms with Gasteiger partial charge in [-0.05, 0) is 40.9 Å². The Morgan fingerprint density at radius 2 is 2.15 bits per heavy atom. The van der Waals surface area contributed by atoms with Crippen LogP contribution in [0.2, 0.25) is 0 Å². The van der Waals surface area contributed by atoms with Crippen molar-refractivity contribution in [2.45, 2.75) is 31.1 Å². The van der Waals surface area contributed by atoms with Crippen LogP contribution in [0.1, 0.15) is 30.8 Å². The van der Waals surface area contributed by atoms with E-state index in [2.05, 4.69) is 10.1 Å². The van der Waals surface area contributed by atoms with E-state index in [-0.39, 0.29) is 11.5 Å². The first-order chi connectivity index (χ1) is 13.2. The highest BCUT2D eigenvalue weighted by molar-refractivity contribution is 7.98. The molecule has 1 aliphatic rings. The second kappa shape index (κ2) is 7.28. The molecule has 3 aromatic rings. The number of thiophene rings is 1. The quantitative estimate of drug-likeness (QED) is 0.540. The monoisotopic (exact) mass is 399 g/mol. The van der Waals surface area contributed by atoms with Gasteiger partial charge in [0.1, 0.15) is 0 Å². The zero-order chi connectivity index (χ0) is 19.0. The normalized spacial score (nSPS) is 15.3. The number of thioether (sulfide) groups is 1. The number of amides is 1. The van der Waals surface area contributed by atoms with E-state index in [1.807, 2.05) is 55.0 Å². The van der Waals surface area contributed by atoms with Gasteiger partial charge in [0.25, 0.3) is 0 Å². The molecule has 1 aliphatic heterocycles. The average Bonchev–Trinajstić information content (AvgIpc) is 3.20. The van der Waals surface area contributed by atoms with Crippen molar-refractivity contribution < 1.29 is 9.48 Å². The lowest BCUT2D eigenvalue weighted by Crippen LogP contribution is -2.60. The van der Waals surface area contributed by atoms with E-state index in [4.69, 9.17) is 0 Å². The van der Waals surface area contributed by atoms with Crippen molar-refractivity contribution in [1.82, 2.24) is 10.1 Å². The van der Waals surface area contributed by atoms with Crippen LogP contribution in [0.3, 0.4) is 0 Å². The van der Waals surface area contributed by atoms with Crippen LogP contribution in [-0.2, 0) is 4.79 Å². The number of hydrogen-bond donors (Lipinski definition) is 1. The molecule has 1 unspecified atom stereocenters. The first kappa shape index (κ1) is 17.9. The molecule has 0 aliphatic carbocycles. The molecule has 0 fully saturated rings. The highest BCUT2D eigenvalue weighted by Gasteiger charge is 2.45. The number of carbonyl (C=O) groups is 1. The lowest BCUT2D eigenvalue weighted by molar-refractivity contribution is -0.762. The van der Waals surface area contributed by atoms with E-state index < -0.39 is 6.17 Å². The van der Waals surface area contributed by atoms with Crippen molar-refractivity contribution in [2.24, 2.45) is 0 Å². The van der Waals surface area contributed by atoms with Crippen LogP contribution in [0.4, 0.5) is 5.69 Å². The number of nitrogens with one attached hydrogen (secondary N) is 1. The molecule has 0 bridgehead atoms. The van der Waals surface area contributed by atoms with Gasteiger partial charge in [0, 0.05) is 11.5 Å². The van der Waals surface area contributed by atoms with Crippen LogP contribution in [0, 0.1) is 0 Å². The third-order valence-corrected chi connectivity index (χ3v) is 5.96. The summed E-state index contributed by atoms with van der Waals surface area (Å²) in [4.78, 5) is 31.6. The van der Waals surface area contributed by atoms with Crippen molar-refractivity contribution in [3.05, 3.63) is 57.0 Å². The van der Waals surface area contributed by atoms with Gasteiger partial charge in [0.15, 0.2) is 0 Å². The van der Waals surface area contributed by atoms with Gasteiger partial charge in [-0.15, -0.1) is 11.3 Å². The second-order valence-corrected chi connectivity index (χ2v) is 7.95. The fourth-order valence-electron chi connectivity index (χ4n) is 3.36. The van der Waals surface area contributed by atoms with Crippen molar-refractivity contribution in [3.8, 4) is 11.3 Å². The summed E-state index contributed by atoms with van der Waals surface area (Å²) in [6, 6.07) is 11.5. The summed E-state index contributed by atoms with van der Waals surface area (Å²) in [5.74, 6) is 0.0225. The maximum absolute atomic E-state index is 13.1. The molecule has 1 N–H and O–H groups in total. The summed E-state index contributed by atoms with van der Waals surface area (Å²) in [6.07, 6.45) is 2.58. The van der Waals surface area contributed by atoms with E-state index in [1.54, 1.807) is 20.9 Å². The van der Waals surface area contributed by atoms with Gasteiger partial charge in [-0.2, -0.15) is 0 Å². The number of benzene rings is 1. The Morgan fingerprint density at radius 1 is 1.33 bits per heavy atom. The number of para-hydroxylation sites is 1. The molecular weight excluding hydrogens is 380 g/mol. The zero-order valence-corrected chi connectivity index (χ0v) is 16.6. The summed E-state index contributed by atoms with van der Waals surface area (Å²) < 4.78 is 1.70. The average molecular weight is 400 g/mol. The molecule has 138 valence electrons. The molecule has 1 aromatic carbocycles. The molecule has 1 atom stereocenters. The smallest absolute Gasteiger partial charge is 0.291 e. The molecule has 1 amide bonds. The fraction of sp³-hybridized carbons (Fsp3) is 0.263. The first-order valence-corrected chi connectivity index (χ1v) is 10.8. The van der Waals surface area contributed by atoms with E-state index in [0.29, 0.717) is 17.3 Å². The number of aromatic amines is 1. The van der Waals surface area contributed by atoms with Crippen LogP contribution in [0.15, 0.2) is 51.7 Å². The van der Waals surface area contributed by atoms with E-state index in [0.717, 1.165) is 22.5 Å². The Bertz CT molecular complexity index is 1050. The third kappa shape index (κ3) is 2.98. The van der Waals surface area contributed by atoms with Crippen molar-refractivity contribution in [3.63, 3.8) is 0 Å². The maximum Gasteiger partial charge on any atom is 0.325 e. The molecule has 6 nitrogen and oxygen atoms in total. The Kier molecular flexibility index (Phi) is 4.84. The fourth-order valence-corrected chi connectivity index (χ4v) is 4.53. The van der Waals surface area contributed by atoms with Crippen LogP contribution in [0.25, 0.3) is 11.3 Å². The minimum Gasteiger partial charge on any atom is -0.291 e. The van der Waals surface area contributed by atoms with E-state index >= 15 is 0 Å². The molecule has 2 aromatic heterocycles. The Labute approximate surface area is 164 Å². The minimum absolute atomic E-state index is 0.0225. The van der Waals surface area contributed by atoms with Gasteiger partial charge < -0.3 is 0 Å². The topological polar surface area (TPSA) is 69.9 Å². The summed E-state index contributed by atoms with van der Waals surface area (Å²) in [5, 5.41) is 7.15. The van der Waals surface area contributed by atoms with Crippen LogP contribution in [0.5, 0.6) is 0 Å². The van der Waals surface area contributed by atoms with E-state index in [1.165, 1.54) is 11.8 Å². The molecular formula is C19H19N4O2S2+. The highest BCUT2D eigenvalue weighted by Crippen LogP contribution is 2.38. The van der Waals surface area contributed by atoms with Gasteiger partial charge in [0.05, 0.1) is 16.1 Å². The van der Waals surface area contributed by atoms with E-state index in [9.17, 15) is 9.59 Å². The number of aromatic nitrogens is 3. The van der Waals surface area contributed by atoms with Crippen LogP contribution < -0.4 is 15.1 Å². The van der Waals surface area contributed by atoms with Crippen LogP contribution in [-0.4, -0.2) is 22.2 Å². The van der Waals surface area contributed by atoms with Gasteiger partial charge in [0.2, 0.25) is 11.1 Å². The second-order valence-electron chi connectivity index (χ2n) is 6.18. The van der Waals surface area contributed by atoms with Gasteiger partial charge in [-0.25, -0.2) is 4.90 Å². The van der Waals surface area contributed by atoms with Gasteiger partial charge in [-0.3, -0.25) is 14.6 Å². The third-order valence-electron chi connectivity index (χ3n) is 4.48. The Balaban J connectivity index is 2.05. The maximum atomic E-state index is 13.1. The standard InChI is InChI=1S/C19H18N4O2S2/c1-3-7-15(24)22-13-9-5-4-8-12(13)16-17(25)20-19(26-2)21-23(16)18(22)14-10-6-11-27-14/h4-6,8-11,18H,3,7H2,1-2H3/p+1. The number of carbonyl (C=O) groups excluding carboxylic acids is 1. The molecule has 3 heterocycles. The summed E-state index contributed by atoms with van der Waals surface area (Å²) in [7, 11) is 0. The zero-order valence-electron chi connectivity index (χ0n) is 15.0. The van der Waals surface area contributed by atoms with Crippen molar-refractivity contribution in [1.29, 1.82) is 0 Å². The van der Waals surface area contributed by atoms with Crippen molar-refractivity contribution >= 4 is 34.7 Å². The first-order valence-electron chi connectivity index (χ1n) is 8.70. The van der Waals surface area contributed by atoms with Gasteiger partial charge in [-0.1, -0.05) is 36.9 Å². The number of nitrogens with zero attached hydrogens (tertiary/aromatic N) is 3. The highest BCUT2D eigenvalue weighted by atomic mass is 32.2. The largest absolute Gasteiger partial charge is 0.325 e. The number of hydrogen-bond acceptors (Lipinski definition) is 5.